The van der Waals surface area contributed by atoms with Crippen molar-refractivity contribution < 1.29 is 14.3 Å². The fraction of sp³-hybridized carbons (Fsp3) is 0. The Hall–Kier alpha value is -0.610. The molecule has 1 aromatic rings. The summed E-state index contributed by atoms with van der Waals surface area (Å²) in [5.41, 5.74) is -0.428. The van der Waals surface area contributed by atoms with Gasteiger partial charge < -0.3 is 5.11 Å². The van der Waals surface area contributed by atoms with Gasteiger partial charge >= 0.3 is 5.97 Å². The molecule has 0 atom stereocenters. The van der Waals surface area contributed by atoms with Crippen LogP contribution in [0.1, 0.15) is 10.4 Å². The lowest BCUT2D eigenvalue weighted by molar-refractivity contribution is 0.0692. The molecule has 0 saturated carbocycles. The Morgan fingerprint density at radius 1 is 1.58 bits per heavy atom. The maximum atomic E-state index is 13.0. The van der Waals surface area contributed by atoms with Crippen molar-refractivity contribution in [2.45, 2.75) is 0 Å². The molecule has 0 aromatic heterocycles. The predicted molar refractivity (Wildman–Crippen MR) is 46.1 cm³/mol. The van der Waals surface area contributed by atoms with Crippen LogP contribution in [0.5, 0.6) is 0 Å². The number of benzene rings is 1. The van der Waals surface area contributed by atoms with Crippen LogP contribution in [0.2, 0.25) is 5.02 Å². The monoisotopic (exact) mass is 252 g/mol. The molecule has 12 heavy (non-hydrogen) atoms. The molecule has 0 unspecified atom stereocenters. The lowest BCUT2D eigenvalue weighted by Gasteiger charge is -2.00. The molecule has 5 heteroatoms. The molecule has 0 aliphatic heterocycles. The molecule has 0 heterocycles. The Morgan fingerprint density at radius 3 is 2.67 bits per heavy atom. The Bertz CT molecular complexity index is 340. The van der Waals surface area contributed by atoms with Gasteiger partial charge in [-0.2, -0.15) is 0 Å². The minimum absolute atomic E-state index is 0.213. The fourth-order valence-electron chi connectivity index (χ4n) is 0.691. The van der Waals surface area contributed by atoms with Crippen molar-refractivity contribution in [1.82, 2.24) is 0 Å². The van der Waals surface area contributed by atoms with Gasteiger partial charge in [-0.1, -0.05) is 11.6 Å². The van der Waals surface area contributed by atoms with Gasteiger partial charge in [0.25, 0.3) is 0 Å². The van der Waals surface area contributed by atoms with Crippen molar-refractivity contribution in [2.75, 3.05) is 0 Å². The standard InChI is InChI=1S/C7H3BrClFO2/c8-4-2-1-3(7(11)12)6(10)5(4)9/h1-2H,(H,11,12). The zero-order valence-corrected chi connectivity index (χ0v) is 7.99. The van der Waals surface area contributed by atoms with E-state index >= 15 is 0 Å². The Balaban J connectivity index is 3.36. The summed E-state index contributed by atoms with van der Waals surface area (Å²) in [5, 5.41) is 8.25. The molecule has 0 radical (unpaired) electrons. The highest BCUT2D eigenvalue weighted by Gasteiger charge is 2.14. The van der Waals surface area contributed by atoms with E-state index in [9.17, 15) is 9.18 Å². The van der Waals surface area contributed by atoms with E-state index in [0.717, 1.165) is 6.07 Å². The number of carboxylic acids is 1. The van der Waals surface area contributed by atoms with E-state index in [-0.39, 0.29) is 5.02 Å². The second-order valence-corrected chi connectivity index (χ2v) is 3.26. The molecule has 0 saturated heterocycles. The minimum Gasteiger partial charge on any atom is -0.478 e. The highest BCUT2D eigenvalue weighted by molar-refractivity contribution is 9.10. The van der Waals surface area contributed by atoms with Crippen LogP contribution in [0.15, 0.2) is 16.6 Å². The van der Waals surface area contributed by atoms with E-state index in [1.54, 1.807) is 0 Å². The van der Waals surface area contributed by atoms with E-state index in [0.29, 0.717) is 4.47 Å². The molecule has 1 N–H and O–H groups in total. The molecule has 64 valence electrons. The van der Waals surface area contributed by atoms with Crippen LogP contribution in [-0.2, 0) is 0 Å². The van der Waals surface area contributed by atoms with Gasteiger partial charge in [0.15, 0.2) is 5.82 Å². The highest BCUT2D eigenvalue weighted by Crippen LogP contribution is 2.27. The predicted octanol–water partition coefficient (Wildman–Crippen LogP) is 2.94. The van der Waals surface area contributed by atoms with Crippen molar-refractivity contribution >= 4 is 33.5 Å². The summed E-state index contributed by atoms with van der Waals surface area (Å²) in [7, 11) is 0. The fourth-order valence-corrected chi connectivity index (χ4v) is 1.16. The van der Waals surface area contributed by atoms with Crippen molar-refractivity contribution in [3.05, 3.63) is 33.0 Å². The summed E-state index contributed by atoms with van der Waals surface area (Å²) < 4.78 is 13.3. The molecular formula is C7H3BrClFO2. The maximum Gasteiger partial charge on any atom is 0.338 e. The highest BCUT2D eigenvalue weighted by atomic mass is 79.9. The van der Waals surface area contributed by atoms with Gasteiger partial charge in [0, 0.05) is 4.47 Å². The van der Waals surface area contributed by atoms with Crippen LogP contribution in [0.4, 0.5) is 4.39 Å². The summed E-state index contributed by atoms with van der Waals surface area (Å²) in [6, 6.07) is 2.53. The third kappa shape index (κ3) is 1.59. The Morgan fingerprint density at radius 2 is 2.17 bits per heavy atom. The van der Waals surface area contributed by atoms with E-state index in [1.807, 2.05) is 0 Å². The quantitative estimate of drug-likeness (QED) is 0.781. The summed E-state index contributed by atoms with van der Waals surface area (Å²) in [5.74, 6) is -2.25. The number of rotatable bonds is 1. The molecule has 0 aliphatic carbocycles. The lowest BCUT2D eigenvalue weighted by atomic mass is 10.2. The van der Waals surface area contributed by atoms with Crippen LogP contribution in [0, 0.1) is 5.82 Å². The molecule has 0 fully saturated rings. The zero-order valence-electron chi connectivity index (χ0n) is 5.64. The van der Waals surface area contributed by atoms with E-state index in [1.165, 1.54) is 6.07 Å². The van der Waals surface area contributed by atoms with Crippen LogP contribution >= 0.6 is 27.5 Å². The first-order valence-electron chi connectivity index (χ1n) is 2.91. The van der Waals surface area contributed by atoms with E-state index in [2.05, 4.69) is 15.9 Å². The summed E-state index contributed by atoms with van der Waals surface area (Å²) in [4.78, 5) is 10.4. The third-order valence-electron chi connectivity index (χ3n) is 1.27. The molecule has 0 amide bonds. The van der Waals surface area contributed by atoms with E-state index in [4.69, 9.17) is 16.7 Å². The molecule has 0 aliphatic rings. The average Bonchev–Trinajstić information content (AvgIpc) is 2.00. The number of hydrogen-bond donors (Lipinski definition) is 1. The number of carboxylic acid groups (broad SMARTS) is 1. The van der Waals surface area contributed by atoms with Gasteiger partial charge in [0.1, 0.15) is 0 Å². The number of halogens is 3. The smallest absolute Gasteiger partial charge is 0.338 e. The number of carbonyl (C=O) groups is 1. The zero-order chi connectivity index (χ0) is 9.30. The number of aromatic carboxylic acids is 1. The Kier molecular flexibility index (Phi) is 2.69. The first-order valence-corrected chi connectivity index (χ1v) is 4.08. The second kappa shape index (κ2) is 3.41. The molecule has 1 aromatic carbocycles. The van der Waals surface area contributed by atoms with Gasteiger partial charge in [-0.05, 0) is 28.1 Å². The first kappa shape index (κ1) is 9.48. The summed E-state index contributed by atoms with van der Waals surface area (Å²) in [6.07, 6.45) is 0. The second-order valence-electron chi connectivity index (χ2n) is 2.03. The molecule has 0 bridgehead atoms. The number of hydrogen-bond acceptors (Lipinski definition) is 1. The third-order valence-corrected chi connectivity index (χ3v) is 2.52. The normalized spacial score (nSPS) is 9.92. The average molecular weight is 253 g/mol. The molecular weight excluding hydrogens is 250 g/mol. The Labute approximate surface area is 81.1 Å². The van der Waals surface area contributed by atoms with Crippen LogP contribution < -0.4 is 0 Å². The summed E-state index contributed by atoms with van der Waals surface area (Å²) in [6.45, 7) is 0. The van der Waals surface area contributed by atoms with Crippen molar-refractivity contribution in [1.29, 1.82) is 0 Å². The van der Waals surface area contributed by atoms with Gasteiger partial charge in [-0.25, -0.2) is 9.18 Å². The van der Waals surface area contributed by atoms with Crippen LogP contribution in [0.25, 0.3) is 0 Å². The van der Waals surface area contributed by atoms with Gasteiger partial charge in [-0.3, -0.25) is 0 Å². The molecule has 0 spiro atoms. The maximum absolute atomic E-state index is 13.0. The molecule has 2 nitrogen and oxygen atoms in total. The van der Waals surface area contributed by atoms with Crippen molar-refractivity contribution in [3.63, 3.8) is 0 Å². The largest absolute Gasteiger partial charge is 0.478 e. The SMILES string of the molecule is O=C(O)c1ccc(Br)c(Cl)c1F. The first-order chi connectivity index (χ1) is 5.54. The van der Waals surface area contributed by atoms with Gasteiger partial charge in [0.2, 0.25) is 0 Å². The topological polar surface area (TPSA) is 37.3 Å². The van der Waals surface area contributed by atoms with Crippen molar-refractivity contribution in [2.24, 2.45) is 0 Å². The molecule has 1 rings (SSSR count). The van der Waals surface area contributed by atoms with Gasteiger partial charge in [0.05, 0.1) is 10.6 Å². The summed E-state index contributed by atoms with van der Waals surface area (Å²) >= 11 is 8.41. The van der Waals surface area contributed by atoms with E-state index < -0.39 is 17.3 Å². The minimum atomic E-state index is -1.33. The van der Waals surface area contributed by atoms with Crippen molar-refractivity contribution in [3.8, 4) is 0 Å². The van der Waals surface area contributed by atoms with Crippen LogP contribution in [-0.4, -0.2) is 11.1 Å². The van der Waals surface area contributed by atoms with Crippen LogP contribution in [0.3, 0.4) is 0 Å². The van der Waals surface area contributed by atoms with Gasteiger partial charge in [-0.15, -0.1) is 0 Å². The lowest BCUT2D eigenvalue weighted by Crippen LogP contribution is -2.00.